The van der Waals surface area contributed by atoms with Crippen LogP contribution in [0.5, 0.6) is 0 Å². The molecule has 1 rings (SSSR count). The molecule has 0 radical (unpaired) electrons. The van der Waals surface area contributed by atoms with Crippen LogP contribution in [-0.4, -0.2) is 13.3 Å². The average Bonchev–Trinajstić information content (AvgIpc) is 2.76. The summed E-state index contributed by atoms with van der Waals surface area (Å²) < 4.78 is 27.6. The van der Waals surface area contributed by atoms with Crippen LogP contribution < -0.4 is 0 Å². The Morgan fingerprint density at radius 1 is 0.969 bits per heavy atom. The lowest BCUT2D eigenvalue weighted by atomic mass is 9.88. The van der Waals surface area contributed by atoms with E-state index in [9.17, 15) is 8.42 Å². The van der Waals surface area contributed by atoms with Gasteiger partial charge < -0.3 is 0 Å². The van der Waals surface area contributed by atoms with E-state index in [0.29, 0.717) is 12.8 Å². The average molecular weight is 460 g/mol. The highest BCUT2D eigenvalue weighted by Crippen LogP contribution is 2.40. The van der Waals surface area contributed by atoms with Crippen molar-refractivity contribution in [2.75, 3.05) is 0 Å². The lowest BCUT2D eigenvalue weighted by Gasteiger charge is -2.28. The number of rotatable bonds is 17. The van der Waals surface area contributed by atoms with Gasteiger partial charge in [0.05, 0.1) is 4.90 Å². The Morgan fingerprint density at radius 3 is 2.03 bits per heavy atom. The van der Waals surface area contributed by atoms with E-state index < -0.39 is 14.7 Å². The summed E-state index contributed by atoms with van der Waals surface area (Å²) in [4.78, 5) is 2.82. The fraction of sp³-hybridized carbons (Fsp3) is 0.679. The summed E-state index contributed by atoms with van der Waals surface area (Å²) in [5.41, 5.74) is 1.02. The summed E-state index contributed by atoms with van der Waals surface area (Å²) >= 11 is 0. The highest BCUT2D eigenvalue weighted by molar-refractivity contribution is 7.93. The predicted molar refractivity (Wildman–Crippen MR) is 137 cm³/mol. The number of allylic oxidation sites excluding steroid dienone is 1. The summed E-state index contributed by atoms with van der Waals surface area (Å²) in [6.45, 7) is 20.2. The molecule has 1 aromatic rings. The monoisotopic (exact) mass is 459 g/mol. The largest absolute Gasteiger partial charge is 0.334 e. The molecule has 0 amide bonds. The fourth-order valence-corrected chi connectivity index (χ4v) is 6.61. The highest BCUT2D eigenvalue weighted by atomic mass is 32.2. The normalized spacial score (nSPS) is 15.5. The van der Waals surface area contributed by atoms with E-state index >= 15 is 0 Å². The predicted octanol–water partition coefficient (Wildman–Crippen LogP) is 8.54. The van der Waals surface area contributed by atoms with Crippen molar-refractivity contribution in [3.63, 3.8) is 0 Å². The van der Waals surface area contributed by atoms with Crippen molar-refractivity contribution < 1.29 is 8.42 Å². The van der Waals surface area contributed by atoms with Gasteiger partial charge in [0, 0.05) is 12.8 Å². The molecule has 180 valence electrons. The topological polar surface area (TPSA) is 38.5 Å². The smallest absolute Gasteiger partial charge is 0.293 e. The number of benzene rings is 1. The number of nitrogens with zero attached hydrogens (tertiary/aromatic N) is 1. The Bertz CT molecular complexity index is 807. The van der Waals surface area contributed by atoms with Crippen molar-refractivity contribution in [2.45, 2.75) is 115 Å². The quantitative estimate of drug-likeness (QED) is 0.133. The Balaban J connectivity index is 2.97. The Labute approximate surface area is 198 Å². The maximum Gasteiger partial charge on any atom is 0.334 e. The summed E-state index contributed by atoms with van der Waals surface area (Å²) in [6.07, 6.45) is 13.9. The van der Waals surface area contributed by atoms with Crippen LogP contribution >= 0.6 is 0 Å². The molecule has 4 heteroatoms. The molecule has 32 heavy (non-hydrogen) atoms. The van der Waals surface area contributed by atoms with E-state index in [4.69, 9.17) is 6.57 Å². The SMILES string of the molecule is [C-]#[N+]C(C[C@H](C)CCCC)(C[C@H](C)CCCCCCCC=C)S(=O)(=O)c1ccc(C)cc1. The van der Waals surface area contributed by atoms with E-state index in [1.165, 1.54) is 25.7 Å². The van der Waals surface area contributed by atoms with Crippen molar-refractivity contribution >= 4 is 9.84 Å². The lowest BCUT2D eigenvalue weighted by molar-refractivity contribution is 0.347. The molecule has 0 bridgehead atoms. The van der Waals surface area contributed by atoms with Crippen molar-refractivity contribution in [1.29, 1.82) is 0 Å². The molecule has 1 aromatic carbocycles. The summed E-state index contributed by atoms with van der Waals surface area (Å²) in [7, 11) is -3.75. The van der Waals surface area contributed by atoms with Gasteiger partial charge in [-0.15, -0.1) is 6.58 Å². The molecule has 0 saturated carbocycles. The van der Waals surface area contributed by atoms with Crippen LogP contribution in [0.2, 0.25) is 0 Å². The zero-order chi connectivity index (χ0) is 24.0. The summed E-state index contributed by atoms with van der Waals surface area (Å²) in [5.74, 6) is 0.414. The van der Waals surface area contributed by atoms with Crippen LogP contribution in [0.3, 0.4) is 0 Å². The first-order valence-corrected chi connectivity index (χ1v) is 14.0. The molecule has 0 N–H and O–H groups in total. The molecular formula is C28H45NO2S. The zero-order valence-corrected chi connectivity index (χ0v) is 21.7. The first-order valence-electron chi connectivity index (χ1n) is 12.5. The van der Waals surface area contributed by atoms with E-state index in [2.05, 4.69) is 32.2 Å². The van der Waals surface area contributed by atoms with Crippen molar-refractivity contribution in [1.82, 2.24) is 0 Å². The highest BCUT2D eigenvalue weighted by Gasteiger charge is 2.52. The standard InChI is InChI=1S/C28H45NO2S/c1-7-9-11-12-13-14-15-17-26(5)23-28(29-6,22-25(4)16-10-8-2)32(30,31)27-20-18-24(3)19-21-27/h7,18-21,25-26H,1,8-17,22-23H2,2-5H3/t25-,26-,28?/m1/s1. The third kappa shape index (κ3) is 8.74. The van der Waals surface area contributed by atoms with Gasteiger partial charge in [-0.1, -0.05) is 95.9 Å². The number of sulfone groups is 1. The van der Waals surface area contributed by atoms with Gasteiger partial charge in [-0.2, -0.15) is 0 Å². The Morgan fingerprint density at radius 2 is 1.50 bits per heavy atom. The molecule has 0 aliphatic heterocycles. The third-order valence-corrected chi connectivity index (χ3v) is 8.84. The van der Waals surface area contributed by atoms with E-state index in [1.54, 1.807) is 12.1 Å². The molecule has 0 heterocycles. The maximum absolute atomic E-state index is 13.8. The second kappa shape index (κ2) is 14.5. The molecule has 0 aromatic heterocycles. The van der Waals surface area contributed by atoms with Crippen LogP contribution in [0, 0.1) is 25.3 Å². The molecule has 0 aliphatic rings. The Hall–Kier alpha value is -1.60. The lowest BCUT2D eigenvalue weighted by Crippen LogP contribution is -2.39. The molecule has 0 spiro atoms. The van der Waals surface area contributed by atoms with Gasteiger partial charge in [-0.05, 0) is 43.7 Å². The van der Waals surface area contributed by atoms with Gasteiger partial charge in [0.2, 0.25) is 0 Å². The Kier molecular flexibility index (Phi) is 12.9. The molecule has 0 saturated heterocycles. The second-order valence-corrected chi connectivity index (χ2v) is 12.0. The van der Waals surface area contributed by atoms with Gasteiger partial charge in [0.25, 0.3) is 9.84 Å². The zero-order valence-electron chi connectivity index (χ0n) is 20.9. The van der Waals surface area contributed by atoms with Crippen LogP contribution in [0.4, 0.5) is 0 Å². The summed E-state index contributed by atoms with van der Waals surface area (Å²) in [5, 5.41) is 0. The number of hydrogen-bond acceptors (Lipinski definition) is 2. The number of aryl methyl sites for hydroxylation is 1. The van der Waals surface area contributed by atoms with Crippen LogP contribution in [0.1, 0.15) is 103 Å². The molecule has 3 atom stereocenters. The summed E-state index contributed by atoms with van der Waals surface area (Å²) in [6, 6.07) is 7.01. The van der Waals surface area contributed by atoms with Gasteiger partial charge in [0.15, 0.2) is 0 Å². The van der Waals surface area contributed by atoms with Gasteiger partial charge >= 0.3 is 4.87 Å². The van der Waals surface area contributed by atoms with Gasteiger partial charge in [-0.3, -0.25) is 4.85 Å². The van der Waals surface area contributed by atoms with Crippen molar-refractivity contribution in [3.05, 3.63) is 53.9 Å². The van der Waals surface area contributed by atoms with Crippen molar-refractivity contribution in [3.8, 4) is 0 Å². The molecule has 3 nitrogen and oxygen atoms in total. The molecule has 0 fully saturated rings. The third-order valence-electron chi connectivity index (χ3n) is 6.53. The van der Waals surface area contributed by atoms with Gasteiger partial charge in [0.1, 0.15) is 0 Å². The van der Waals surface area contributed by atoms with E-state index in [-0.39, 0.29) is 16.7 Å². The first kappa shape index (κ1) is 28.4. The maximum atomic E-state index is 13.8. The van der Waals surface area contributed by atoms with E-state index in [0.717, 1.165) is 44.1 Å². The second-order valence-electron chi connectivity index (χ2n) is 9.77. The van der Waals surface area contributed by atoms with Crippen LogP contribution in [0.25, 0.3) is 4.85 Å². The minimum Gasteiger partial charge on any atom is -0.293 e. The fourth-order valence-electron chi connectivity index (χ4n) is 4.55. The van der Waals surface area contributed by atoms with Crippen LogP contribution in [-0.2, 0) is 9.84 Å². The van der Waals surface area contributed by atoms with Crippen molar-refractivity contribution in [2.24, 2.45) is 11.8 Å². The number of hydrogen-bond donors (Lipinski definition) is 0. The molecule has 0 aliphatic carbocycles. The number of unbranched alkanes of at least 4 members (excludes halogenated alkanes) is 6. The minimum absolute atomic E-state index is 0.205. The molecule has 1 unspecified atom stereocenters. The first-order chi connectivity index (χ1) is 15.2. The van der Waals surface area contributed by atoms with Crippen LogP contribution in [0.15, 0.2) is 41.8 Å². The minimum atomic E-state index is -3.75. The van der Waals surface area contributed by atoms with Gasteiger partial charge in [-0.25, -0.2) is 15.0 Å². The van der Waals surface area contributed by atoms with E-state index in [1.807, 2.05) is 25.1 Å². The molecular weight excluding hydrogens is 414 g/mol.